The van der Waals surface area contributed by atoms with Crippen molar-refractivity contribution in [3.8, 4) is 5.75 Å². The summed E-state index contributed by atoms with van der Waals surface area (Å²) in [5.41, 5.74) is 0.495. The molecule has 1 N–H and O–H groups in total. The molecule has 1 atom stereocenters. The van der Waals surface area contributed by atoms with E-state index in [1.165, 1.54) is 17.0 Å². The number of hydrogen-bond acceptors (Lipinski definition) is 3. The van der Waals surface area contributed by atoms with Crippen LogP contribution in [0.1, 0.15) is 6.42 Å². The Balaban J connectivity index is 1.33. The van der Waals surface area contributed by atoms with Gasteiger partial charge in [-0.15, -0.1) is 0 Å². The van der Waals surface area contributed by atoms with E-state index in [9.17, 15) is 14.0 Å². The average Bonchev–Trinajstić information content (AvgIpc) is 3.06. The number of amides is 2. The van der Waals surface area contributed by atoms with Crippen molar-refractivity contribution in [2.45, 2.75) is 12.5 Å². The Morgan fingerprint density at radius 3 is 2.71 bits per heavy atom. The number of fused-ring (bicyclic) bond motifs is 1. The molecule has 5 nitrogen and oxygen atoms in total. The Kier molecular flexibility index (Phi) is 4.93. The van der Waals surface area contributed by atoms with Gasteiger partial charge in [-0.25, -0.2) is 4.39 Å². The lowest BCUT2D eigenvalue weighted by Gasteiger charge is -2.17. The minimum atomic E-state index is -0.401. The summed E-state index contributed by atoms with van der Waals surface area (Å²) in [6, 6.07) is 19.1. The number of benzene rings is 3. The lowest BCUT2D eigenvalue weighted by atomic mass is 10.1. The van der Waals surface area contributed by atoms with Crippen LogP contribution in [-0.4, -0.2) is 31.0 Å². The summed E-state index contributed by atoms with van der Waals surface area (Å²) in [5.74, 6) is -0.238. The maximum absolute atomic E-state index is 13.4. The van der Waals surface area contributed by atoms with Crippen molar-refractivity contribution in [1.29, 1.82) is 0 Å². The van der Waals surface area contributed by atoms with Gasteiger partial charge in [-0.3, -0.25) is 9.59 Å². The topological polar surface area (TPSA) is 58.6 Å². The molecule has 0 bridgehead atoms. The van der Waals surface area contributed by atoms with Crippen LogP contribution in [0.4, 0.5) is 10.1 Å². The van der Waals surface area contributed by atoms with Crippen LogP contribution in [0.2, 0.25) is 0 Å². The van der Waals surface area contributed by atoms with Gasteiger partial charge >= 0.3 is 0 Å². The predicted molar refractivity (Wildman–Crippen MR) is 105 cm³/mol. The average molecular weight is 378 g/mol. The molecular weight excluding hydrogens is 359 g/mol. The number of nitrogens with zero attached hydrogens (tertiary/aromatic N) is 1. The SMILES string of the molecule is O=C(COc1ccc2ccccc2c1)N[C@@H]1CC(=O)N(c2cccc(F)c2)C1. The van der Waals surface area contributed by atoms with Crippen LogP contribution < -0.4 is 15.0 Å². The molecule has 1 heterocycles. The number of hydrogen-bond donors (Lipinski definition) is 1. The smallest absolute Gasteiger partial charge is 0.258 e. The third-order valence-corrected chi connectivity index (χ3v) is 4.70. The third kappa shape index (κ3) is 3.96. The van der Waals surface area contributed by atoms with Gasteiger partial charge in [0.15, 0.2) is 6.61 Å². The standard InChI is InChI=1S/C22H19FN2O3/c23-17-6-3-7-19(11-17)25-13-18(12-22(25)27)24-21(26)14-28-20-9-8-15-4-1-2-5-16(15)10-20/h1-11,18H,12-14H2,(H,24,26)/t18-/m1/s1. The number of rotatable bonds is 5. The van der Waals surface area contributed by atoms with Gasteiger partial charge in [0, 0.05) is 18.7 Å². The molecule has 142 valence electrons. The van der Waals surface area contributed by atoms with Crippen molar-refractivity contribution in [2.75, 3.05) is 18.1 Å². The molecule has 0 aromatic heterocycles. The second-order valence-corrected chi connectivity index (χ2v) is 6.75. The van der Waals surface area contributed by atoms with E-state index >= 15 is 0 Å². The van der Waals surface area contributed by atoms with E-state index in [1.807, 2.05) is 42.5 Å². The highest BCUT2D eigenvalue weighted by atomic mass is 19.1. The summed E-state index contributed by atoms with van der Waals surface area (Å²) in [7, 11) is 0. The van der Waals surface area contributed by atoms with Gasteiger partial charge in [0.1, 0.15) is 11.6 Å². The number of carbonyl (C=O) groups is 2. The maximum Gasteiger partial charge on any atom is 0.258 e. The van der Waals surface area contributed by atoms with E-state index in [0.717, 1.165) is 10.8 Å². The quantitative estimate of drug-likeness (QED) is 0.741. The van der Waals surface area contributed by atoms with Crippen LogP contribution in [0.3, 0.4) is 0 Å². The van der Waals surface area contributed by atoms with Gasteiger partial charge < -0.3 is 15.0 Å². The Labute approximate surface area is 161 Å². The van der Waals surface area contributed by atoms with E-state index in [2.05, 4.69) is 5.32 Å². The monoisotopic (exact) mass is 378 g/mol. The van der Waals surface area contributed by atoms with Crippen LogP contribution in [-0.2, 0) is 9.59 Å². The zero-order valence-corrected chi connectivity index (χ0v) is 15.1. The second kappa shape index (κ2) is 7.68. The molecule has 28 heavy (non-hydrogen) atoms. The molecule has 1 aliphatic heterocycles. The Bertz CT molecular complexity index is 1040. The van der Waals surface area contributed by atoms with Gasteiger partial charge in [0.2, 0.25) is 5.91 Å². The zero-order valence-electron chi connectivity index (χ0n) is 15.1. The van der Waals surface area contributed by atoms with E-state index in [4.69, 9.17) is 4.74 Å². The molecule has 1 fully saturated rings. The molecular formula is C22H19FN2O3. The van der Waals surface area contributed by atoms with Crippen LogP contribution in [0.15, 0.2) is 66.7 Å². The van der Waals surface area contributed by atoms with Crippen LogP contribution in [0, 0.1) is 5.82 Å². The van der Waals surface area contributed by atoms with Gasteiger partial charge in [-0.1, -0.05) is 36.4 Å². The van der Waals surface area contributed by atoms with E-state index in [1.54, 1.807) is 12.1 Å². The molecule has 1 saturated heterocycles. The van der Waals surface area contributed by atoms with Gasteiger partial charge in [0.25, 0.3) is 5.91 Å². The Morgan fingerprint density at radius 2 is 1.89 bits per heavy atom. The van der Waals surface area contributed by atoms with E-state index < -0.39 is 5.82 Å². The lowest BCUT2D eigenvalue weighted by molar-refractivity contribution is -0.123. The first-order valence-electron chi connectivity index (χ1n) is 9.05. The summed E-state index contributed by atoms with van der Waals surface area (Å²) in [6.07, 6.45) is 0.179. The van der Waals surface area contributed by atoms with Crippen LogP contribution in [0.5, 0.6) is 5.75 Å². The molecule has 0 spiro atoms. The normalized spacial score (nSPS) is 16.4. The molecule has 3 aromatic carbocycles. The van der Waals surface area contributed by atoms with Crippen LogP contribution in [0.25, 0.3) is 10.8 Å². The van der Waals surface area contributed by atoms with Gasteiger partial charge in [-0.05, 0) is 41.1 Å². The van der Waals surface area contributed by atoms with Crippen molar-refractivity contribution >= 4 is 28.3 Å². The minimum Gasteiger partial charge on any atom is -0.484 e. The molecule has 2 amide bonds. The highest BCUT2D eigenvalue weighted by Crippen LogP contribution is 2.23. The summed E-state index contributed by atoms with van der Waals surface area (Å²) in [4.78, 5) is 25.9. The highest BCUT2D eigenvalue weighted by Gasteiger charge is 2.31. The van der Waals surface area contributed by atoms with Crippen molar-refractivity contribution in [1.82, 2.24) is 5.32 Å². The van der Waals surface area contributed by atoms with Crippen molar-refractivity contribution in [2.24, 2.45) is 0 Å². The number of anilines is 1. The number of nitrogens with one attached hydrogen (secondary N) is 1. The fraction of sp³-hybridized carbons (Fsp3) is 0.182. The predicted octanol–water partition coefficient (Wildman–Crippen LogP) is 3.28. The maximum atomic E-state index is 13.4. The summed E-state index contributed by atoms with van der Waals surface area (Å²) < 4.78 is 19.0. The number of halogens is 1. The molecule has 1 aliphatic rings. The lowest BCUT2D eigenvalue weighted by Crippen LogP contribution is -2.39. The summed E-state index contributed by atoms with van der Waals surface area (Å²) in [5, 5.41) is 4.94. The first-order valence-corrected chi connectivity index (χ1v) is 9.05. The van der Waals surface area contributed by atoms with Crippen molar-refractivity contribution in [3.05, 3.63) is 72.5 Å². The first-order chi connectivity index (χ1) is 13.6. The summed E-state index contributed by atoms with van der Waals surface area (Å²) >= 11 is 0. The summed E-state index contributed by atoms with van der Waals surface area (Å²) in [6.45, 7) is 0.174. The van der Waals surface area contributed by atoms with Crippen molar-refractivity contribution in [3.63, 3.8) is 0 Å². The molecule has 4 rings (SSSR count). The molecule has 0 aliphatic carbocycles. The zero-order chi connectivity index (χ0) is 19.5. The largest absolute Gasteiger partial charge is 0.484 e. The molecule has 3 aromatic rings. The highest BCUT2D eigenvalue weighted by molar-refractivity contribution is 5.97. The number of carbonyl (C=O) groups excluding carboxylic acids is 2. The van der Waals surface area contributed by atoms with Crippen molar-refractivity contribution < 1.29 is 18.7 Å². The number of ether oxygens (including phenoxy) is 1. The fourth-order valence-electron chi connectivity index (χ4n) is 3.37. The van der Waals surface area contributed by atoms with Crippen LogP contribution >= 0.6 is 0 Å². The first kappa shape index (κ1) is 18.0. The Hall–Kier alpha value is -3.41. The molecule has 0 radical (unpaired) electrons. The Morgan fingerprint density at radius 1 is 1.07 bits per heavy atom. The molecule has 0 saturated carbocycles. The molecule has 0 unspecified atom stereocenters. The van der Waals surface area contributed by atoms with Gasteiger partial charge in [0.05, 0.1) is 6.04 Å². The second-order valence-electron chi connectivity index (χ2n) is 6.75. The van der Waals surface area contributed by atoms with Gasteiger partial charge in [-0.2, -0.15) is 0 Å². The third-order valence-electron chi connectivity index (χ3n) is 4.70. The van der Waals surface area contributed by atoms with E-state index in [0.29, 0.717) is 18.0 Å². The molecule has 6 heteroatoms. The fourth-order valence-corrected chi connectivity index (χ4v) is 3.37. The minimum absolute atomic E-state index is 0.136. The van der Waals surface area contributed by atoms with E-state index in [-0.39, 0.29) is 30.9 Å².